The van der Waals surface area contributed by atoms with Gasteiger partial charge >= 0.3 is 0 Å². The van der Waals surface area contributed by atoms with E-state index in [0.29, 0.717) is 18.4 Å². The van der Waals surface area contributed by atoms with Gasteiger partial charge in [0.2, 0.25) is 5.88 Å². The minimum atomic E-state index is 0.477. The Morgan fingerprint density at radius 3 is 2.94 bits per heavy atom. The predicted molar refractivity (Wildman–Crippen MR) is 74.1 cm³/mol. The maximum Gasteiger partial charge on any atom is 0.214 e. The van der Waals surface area contributed by atoms with E-state index in [1.165, 1.54) is 15.8 Å². The molecule has 0 fully saturated rings. The number of ether oxygens (including phenoxy) is 1. The molecule has 0 spiro atoms. The van der Waals surface area contributed by atoms with Gasteiger partial charge in [-0.3, -0.25) is 0 Å². The van der Waals surface area contributed by atoms with Crippen LogP contribution >= 0.6 is 11.3 Å². The first kappa shape index (κ1) is 12.1. The normalized spacial score (nSPS) is 11.1. The van der Waals surface area contributed by atoms with Crippen LogP contribution in [0.25, 0.3) is 10.2 Å². The van der Waals surface area contributed by atoms with Gasteiger partial charge in [-0.15, -0.1) is 11.3 Å². The third-order valence-corrected chi connectivity index (χ3v) is 3.81. The van der Waals surface area contributed by atoms with Crippen molar-refractivity contribution in [3.63, 3.8) is 0 Å². The highest BCUT2D eigenvalue weighted by atomic mass is 32.1. The summed E-state index contributed by atoms with van der Waals surface area (Å²) in [7, 11) is 0. The molecule has 17 heavy (non-hydrogen) atoms. The Balaban J connectivity index is 2.56. The molecule has 2 heterocycles. The van der Waals surface area contributed by atoms with Gasteiger partial charge in [0, 0.05) is 6.07 Å². The van der Waals surface area contributed by atoms with Crippen molar-refractivity contribution in [2.45, 2.75) is 26.7 Å². The zero-order valence-electron chi connectivity index (χ0n) is 10.5. The first-order valence-electron chi connectivity index (χ1n) is 5.76. The summed E-state index contributed by atoms with van der Waals surface area (Å²) in [6.45, 7) is 10.6. The number of hydrogen-bond acceptors (Lipinski definition) is 3. The molecule has 0 saturated carbocycles. The van der Waals surface area contributed by atoms with E-state index in [0.717, 1.165) is 5.52 Å². The van der Waals surface area contributed by atoms with Crippen LogP contribution in [0.3, 0.4) is 0 Å². The summed E-state index contributed by atoms with van der Waals surface area (Å²) in [5.74, 6) is 1.17. The van der Waals surface area contributed by atoms with Gasteiger partial charge in [0.1, 0.15) is 6.61 Å². The molecule has 0 aliphatic heterocycles. The van der Waals surface area contributed by atoms with Gasteiger partial charge < -0.3 is 4.74 Å². The Hall–Kier alpha value is -1.35. The third-order valence-electron chi connectivity index (χ3n) is 2.68. The molecule has 0 unspecified atom stereocenters. The molecular formula is C14H17NOS. The van der Waals surface area contributed by atoms with E-state index in [-0.39, 0.29) is 0 Å². The van der Waals surface area contributed by atoms with Gasteiger partial charge in [0.05, 0.1) is 10.2 Å². The van der Waals surface area contributed by atoms with Gasteiger partial charge in [-0.1, -0.05) is 26.5 Å². The van der Waals surface area contributed by atoms with Crippen molar-refractivity contribution in [3.05, 3.63) is 35.2 Å². The monoisotopic (exact) mass is 247 g/mol. The molecule has 2 aromatic rings. The summed E-state index contributed by atoms with van der Waals surface area (Å²) in [6, 6.07) is 2.05. The second-order valence-electron chi connectivity index (χ2n) is 4.40. The molecule has 0 aliphatic rings. The fourth-order valence-corrected chi connectivity index (χ4v) is 2.93. The van der Waals surface area contributed by atoms with Crippen LogP contribution in [0.5, 0.6) is 5.88 Å². The summed E-state index contributed by atoms with van der Waals surface area (Å²) in [5.41, 5.74) is 3.60. The predicted octanol–water partition coefficient (Wildman–Crippen LogP) is 4.29. The van der Waals surface area contributed by atoms with Gasteiger partial charge in [-0.05, 0) is 29.3 Å². The Morgan fingerprint density at radius 1 is 1.53 bits per heavy atom. The van der Waals surface area contributed by atoms with Crippen molar-refractivity contribution in [2.24, 2.45) is 0 Å². The van der Waals surface area contributed by atoms with E-state index in [2.05, 4.69) is 37.7 Å². The molecule has 0 N–H and O–H groups in total. The second kappa shape index (κ2) is 4.88. The standard InChI is InChI=1S/C14H17NOS/c1-5-6-16-12-7-11(9(2)3)14-13(15-12)10(4)8-17-14/h5,7-9H,1,6H2,2-4H3. The lowest BCUT2D eigenvalue weighted by atomic mass is 10.0. The van der Waals surface area contributed by atoms with Gasteiger partial charge in [-0.25, -0.2) is 4.98 Å². The molecule has 0 amide bonds. The maximum atomic E-state index is 5.55. The zero-order valence-corrected chi connectivity index (χ0v) is 11.3. The number of aryl methyl sites for hydroxylation is 1. The highest BCUT2D eigenvalue weighted by Crippen LogP contribution is 2.33. The number of aromatic nitrogens is 1. The number of pyridine rings is 1. The highest BCUT2D eigenvalue weighted by molar-refractivity contribution is 7.17. The van der Waals surface area contributed by atoms with Crippen molar-refractivity contribution >= 4 is 21.6 Å². The number of thiophene rings is 1. The Kier molecular flexibility index (Phi) is 3.48. The molecule has 2 nitrogen and oxygen atoms in total. The zero-order chi connectivity index (χ0) is 12.4. The quantitative estimate of drug-likeness (QED) is 0.752. The summed E-state index contributed by atoms with van der Waals surface area (Å²) in [5, 5.41) is 2.15. The van der Waals surface area contributed by atoms with E-state index < -0.39 is 0 Å². The maximum absolute atomic E-state index is 5.55. The summed E-state index contributed by atoms with van der Waals surface area (Å²) in [6.07, 6.45) is 1.74. The minimum absolute atomic E-state index is 0.477. The third kappa shape index (κ3) is 2.34. The molecule has 0 radical (unpaired) electrons. The van der Waals surface area contributed by atoms with Crippen molar-refractivity contribution in [2.75, 3.05) is 6.61 Å². The number of hydrogen-bond donors (Lipinski definition) is 0. The lowest BCUT2D eigenvalue weighted by molar-refractivity contribution is 0.349. The molecular weight excluding hydrogens is 230 g/mol. The molecule has 0 bridgehead atoms. The van der Waals surface area contributed by atoms with Crippen molar-refractivity contribution in [1.82, 2.24) is 4.98 Å². The Morgan fingerprint density at radius 2 is 2.29 bits per heavy atom. The fourth-order valence-electron chi connectivity index (χ4n) is 1.77. The SMILES string of the molecule is C=CCOc1cc(C(C)C)c2scc(C)c2n1. The highest BCUT2D eigenvalue weighted by Gasteiger charge is 2.12. The van der Waals surface area contributed by atoms with Crippen LogP contribution < -0.4 is 4.74 Å². The van der Waals surface area contributed by atoms with Gasteiger partial charge in [0.15, 0.2) is 0 Å². The van der Waals surface area contributed by atoms with Crippen LogP contribution in [-0.4, -0.2) is 11.6 Å². The second-order valence-corrected chi connectivity index (χ2v) is 5.28. The van der Waals surface area contributed by atoms with Crippen LogP contribution in [0.2, 0.25) is 0 Å². The Bertz CT molecular complexity index is 542. The molecule has 0 saturated heterocycles. The average molecular weight is 247 g/mol. The van der Waals surface area contributed by atoms with Crippen LogP contribution in [-0.2, 0) is 0 Å². The minimum Gasteiger partial charge on any atom is -0.473 e. The summed E-state index contributed by atoms with van der Waals surface area (Å²) in [4.78, 5) is 4.56. The largest absolute Gasteiger partial charge is 0.473 e. The van der Waals surface area contributed by atoms with Crippen molar-refractivity contribution in [3.8, 4) is 5.88 Å². The van der Waals surface area contributed by atoms with Crippen molar-refractivity contribution < 1.29 is 4.74 Å². The van der Waals surface area contributed by atoms with E-state index >= 15 is 0 Å². The number of rotatable bonds is 4. The van der Waals surface area contributed by atoms with E-state index in [9.17, 15) is 0 Å². The molecule has 2 rings (SSSR count). The number of nitrogens with zero attached hydrogens (tertiary/aromatic N) is 1. The van der Waals surface area contributed by atoms with Crippen LogP contribution in [0.1, 0.15) is 30.9 Å². The lowest BCUT2D eigenvalue weighted by Gasteiger charge is -2.10. The topological polar surface area (TPSA) is 22.1 Å². The van der Waals surface area contributed by atoms with Crippen LogP contribution in [0.15, 0.2) is 24.1 Å². The summed E-state index contributed by atoms with van der Waals surface area (Å²) >= 11 is 1.76. The van der Waals surface area contributed by atoms with Gasteiger partial charge in [0.25, 0.3) is 0 Å². The van der Waals surface area contributed by atoms with Crippen molar-refractivity contribution in [1.29, 1.82) is 0 Å². The smallest absolute Gasteiger partial charge is 0.214 e. The molecule has 0 aliphatic carbocycles. The first-order valence-corrected chi connectivity index (χ1v) is 6.64. The summed E-state index contributed by atoms with van der Waals surface area (Å²) < 4.78 is 6.83. The van der Waals surface area contributed by atoms with Crippen LogP contribution in [0, 0.1) is 6.92 Å². The average Bonchev–Trinajstić information content (AvgIpc) is 2.67. The lowest BCUT2D eigenvalue weighted by Crippen LogP contribution is -1.98. The fraction of sp³-hybridized carbons (Fsp3) is 0.357. The molecule has 0 atom stereocenters. The molecule has 3 heteroatoms. The van der Waals surface area contributed by atoms with E-state index in [1.807, 2.05) is 6.07 Å². The van der Waals surface area contributed by atoms with Crippen LogP contribution in [0.4, 0.5) is 0 Å². The molecule has 90 valence electrons. The van der Waals surface area contributed by atoms with E-state index in [4.69, 9.17) is 4.74 Å². The Labute approximate surface area is 106 Å². The molecule has 2 aromatic heterocycles. The van der Waals surface area contributed by atoms with E-state index in [1.54, 1.807) is 17.4 Å². The molecule has 0 aromatic carbocycles. The first-order chi connectivity index (χ1) is 8.13. The number of fused-ring (bicyclic) bond motifs is 1. The van der Waals surface area contributed by atoms with Gasteiger partial charge in [-0.2, -0.15) is 0 Å².